The summed E-state index contributed by atoms with van der Waals surface area (Å²) < 4.78 is 0. The van der Waals surface area contributed by atoms with E-state index in [0.717, 1.165) is 5.01 Å². The first-order chi connectivity index (χ1) is 7.95. The Bertz CT molecular complexity index is 377. The van der Waals surface area contributed by atoms with Gasteiger partial charge in [-0.05, 0) is 12.8 Å². The molecule has 0 radical (unpaired) electrons. The number of nitrogens with zero attached hydrogens (tertiary/aromatic N) is 1. The maximum absolute atomic E-state index is 11.8. The quantitative estimate of drug-likeness (QED) is 0.731. The Morgan fingerprint density at radius 3 is 2.65 bits per heavy atom. The fraction of sp³-hybridized carbons (Fsp3) is 0.636. The van der Waals surface area contributed by atoms with Gasteiger partial charge in [0.1, 0.15) is 10.7 Å². The first kappa shape index (κ1) is 14.1. The molecule has 0 spiro atoms. The van der Waals surface area contributed by atoms with Gasteiger partial charge in [0.05, 0.1) is 18.7 Å². The second kappa shape index (κ2) is 6.09. The summed E-state index contributed by atoms with van der Waals surface area (Å²) >= 11 is 1.37. The highest BCUT2D eigenvalue weighted by Crippen LogP contribution is 2.16. The average molecular weight is 257 g/mol. The molecule has 96 valence electrons. The van der Waals surface area contributed by atoms with Crippen molar-refractivity contribution in [1.29, 1.82) is 0 Å². The normalized spacial score (nSPS) is 14.7. The predicted molar refractivity (Wildman–Crippen MR) is 67.9 cm³/mol. The SMILES string of the molecule is CC(N)c1nc(C(=O)N[C@H](CO)C(C)C)cs1. The van der Waals surface area contributed by atoms with Crippen molar-refractivity contribution < 1.29 is 9.90 Å². The Hall–Kier alpha value is -0.980. The van der Waals surface area contributed by atoms with Crippen molar-refractivity contribution in [2.45, 2.75) is 32.9 Å². The molecule has 5 nitrogen and oxygen atoms in total. The van der Waals surface area contributed by atoms with Crippen LogP contribution in [-0.4, -0.2) is 28.6 Å². The second-order valence-electron chi connectivity index (χ2n) is 4.37. The smallest absolute Gasteiger partial charge is 0.271 e. The van der Waals surface area contributed by atoms with E-state index in [1.165, 1.54) is 11.3 Å². The van der Waals surface area contributed by atoms with Gasteiger partial charge in [-0.25, -0.2) is 4.98 Å². The number of nitrogens with two attached hydrogens (primary N) is 1. The van der Waals surface area contributed by atoms with Gasteiger partial charge < -0.3 is 16.2 Å². The first-order valence-corrected chi connectivity index (χ1v) is 6.46. The molecular weight excluding hydrogens is 238 g/mol. The second-order valence-corrected chi connectivity index (χ2v) is 5.26. The molecule has 1 heterocycles. The molecule has 0 aromatic carbocycles. The van der Waals surface area contributed by atoms with Crippen LogP contribution in [0.2, 0.25) is 0 Å². The van der Waals surface area contributed by atoms with Crippen molar-refractivity contribution in [2.24, 2.45) is 11.7 Å². The average Bonchev–Trinajstić information content (AvgIpc) is 2.74. The molecule has 0 saturated carbocycles. The highest BCUT2D eigenvalue weighted by atomic mass is 32.1. The van der Waals surface area contributed by atoms with Gasteiger partial charge in [0.2, 0.25) is 0 Å². The van der Waals surface area contributed by atoms with Crippen LogP contribution in [0.25, 0.3) is 0 Å². The highest BCUT2D eigenvalue weighted by molar-refractivity contribution is 7.09. The van der Waals surface area contributed by atoms with E-state index in [1.54, 1.807) is 5.38 Å². The minimum Gasteiger partial charge on any atom is -0.394 e. The molecule has 0 fully saturated rings. The number of carbonyl (C=O) groups is 1. The lowest BCUT2D eigenvalue weighted by molar-refractivity contribution is 0.0892. The van der Waals surface area contributed by atoms with Gasteiger partial charge in [0.15, 0.2) is 0 Å². The van der Waals surface area contributed by atoms with E-state index < -0.39 is 0 Å². The summed E-state index contributed by atoms with van der Waals surface area (Å²) in [5, 5.41) is 14.3. The fourth-order valence-corrected chi connectivity index (χ4v) is 2.02. The standard InChI is InChI=1S/C11H19N3O2S/c1-6(2)8(4-15)13-10(16)9-5-17-11(14-9)7(3)12/h5-8,15H,4,12H2,1-3H3,(H,13,16)/t7?,8-/m1/s1. The van der Waals surface area contributed by atoms with Crippen LogP contribution in [0.15, 0.2) is 5.38 Å². The third-order valence-corrected chi connectivity index (χ3v) is 3.51. The molecule has 2 atom stereocenters. The Morgan fingerprint density at radius 2 is 2.24 bits per heavy atom. The van der Waals surface area contributed by atoms with Crippen molar-refractivity contribution in [3.05, 3.63) is 16.1 Å². The molecule has 17 heavy (non-hydrogen) atoms. The monoisotopic (exact) mass is 257 g/mol. The third kappa shape index (κ3) is 3.76. The zero-order chi connectivity index (χ0) is 13.0. The lowest BCUT2D eigenvalue weighted by atomic mass is 10.1. The summed E-state index contributed by atoms with van der Waals surface area (Å²) in [6, 6.07) is -0.414. The number of aromatic nitrogens is 1. The molecule has 1 amide bonds. The molecule has 6 heteroatoms. The zero-order valence-electron chi connectivity index (χ0n) is 10.3. The summed E-state index contributed by atoms with van der Waals surface area (Å²) in [5.74, 6) is -0.0867. The Morgan fingerprint density at radius 1 is 1.59 bits per heavy atom. The van der Waals surface area contributed by atoms with Crippen LogP contribution < -0.4 is 11.1 Å². The number of rotatable bonds is 5. The topological polar surface area (TPSA) is 88.2 Å². The van der Waals surface area contributed by atoms with E-state index in [0.29, 0.717) is 5.69 Å². The Kier molecular flexibility index (Phi) is 5.04. The maximum atomic E-state index is 11.8. The summed E-state index contributed by atoms with van der Waals surface area (Å²) in [6.45, 7) is 5.63. The minimum absolute atomic E-state index is 0.0757. The molecule has 1 aromatic rings. The summed E-state index contributed by atoms with van der Waals surface area (Å²) in [5.41, 5.74) is 6.04. The first-order valence-electron chi connectivity index (χ1n) is 5.58. The van der Waals surface area contributed by atoms with Crippen molar-refractivity contribution in [3.8, 4) is 0 Å². The van der Waals surface area contributed by atoms with Gasteiger partial charge in [-0.2, -0.15) is 0 Å². The van der Waals surface area contributed by atoms with Crippen molar-refractivity contribution >= 4 is 17.2 Å². The third-order valence-electron chi connectivity index (χ3n) is 2.46. The van der Waals surface area contributed by atoms with Gasteiger partial charge >= 0.3 is 0 Å². The van der Waals surface area contributed by atoms with Gasteiger partial charge in [0, 0.05) is 5.38 Å². The highest BCUT2D eigenvalue weighted by Gasteiger charge is 2.18. The lowest BCUT2D eigenvalue weighted by Crippen LogP contribution is -2.41. The number of hydrogen-bond donors (Lipinski definition) is 3. The van der Waals surface area contributed by atoms with E-state index in [-0.39, 0.29) is 30.5 Å². The van der Waals surface area contributed by atoms with Crippen LogP contribution in [-0.2, 0) is 0 Å². The Balaban J connectivity index is 2.69. The summed E-state index contributed by atoms with van der Waals surface area (Å²) in [6.07, 6.45) is 0. The molecule has 1 aromatic heterocycles. The van der Waals surface area contributed by atoms with Gasteiger partial charge in [-0.1, -0.05) is 13.8 Å². The summed E-state index contributed by atoms with van der Waals surface area (Å²) in [4.78, 5) is 16.0. The molecular formula is C11H19N3O2S. The Labute approximate surface area is 105 Å². The van der Waals surface area contributed by atoms with Crippen LogP contribution in [0.3, 0.4) is 0 Å². The van der Waals surface area contributed by atoms with Crippen LogP contribution in [0, 0.1) is 5.92 Å². The number of aliphatic hydroxyl groups excluding tert-OH is 1. The molecule has 0 aliphatic heterocycles. The van der Waals surface area contributed by atoms with Gasteiger partial charge in [-0.3, -0.25) is 4.79 Å². The lowest BCUT2D eigenvalue weighted by Gasteiger charge is -2.19. The molecule has 0 aliphatic rings. The number of carbonyl (C=O) groups excluding carboxylic acids is 1. The molecule has 0 bridgehead atoms. The predicted octanol–water partition coefficient (Wildman–Crippen LogP) is 0.909. The van der Waals surface area contributed by atoms with E-state index in [1.807, 2.05) is 20.8 Å². The largest absolute Gasteiger partial charge is 0.394 e. The number of thiazole rings is 1. The van der Waals surface area contributed by atoms with E-state index in [2.05, 4.69) is 10.3 Å². The van der Waals surface area contributed by atoms with Crippen LogP contribution in [0.5, 0.6) is 0 Å². The van der Waals surface area contributed by atoms with E-state index >= 15 is 0 Å². The molecule has 0 aliphatic carbocycles. The minimum atomic E-state index is -0.263. The van der Waals surface area contributed by atoms with E-state index in [4.69, 9.17) is 10.8 Å². The zero-order valence-corrected chi connectivity index (χ0v) is 11.1. The van der Waals surface area contributed by atoms with Crippen LogP contribution >= 0.6 is 11.3 Å². The fourth-order valence-electron chi connectivity index (χ4n) is 1.27. The number of hydrogen-bond acceptors (Lipinski definition) is 5. The van der Waals surface area contributed by atoms with Crippen LogP contribution in [0.1, 0.15) is 42.3 Å². The van der Waals surface area contributed by atoms with Gasteiger partial charge in [0.25, 0.3) is 5.91 Å². The molecule has 1 unspecified atom stereocenters. The van der Waals surface area contributed by atoms with Crippen LogP contribution in [0.4, 0.5) is 0 Å². The van der Waals surface area contributed by atoms with Crippen molar-refractivity contribution in [3.63, 3.8) is 0 Å². The maximum Gasteiger partial charge on any atom is 0.271 e. The van der Waals surface area contributed by atoms with E-state index in [9.17, 15) is 4.79 Å². The molecule has 4 N–H and O–H groups in total. The van der Waals surface area contributed by atoms with Crippen molar-refractivity contribution in [1.82, 2.24) is 10.3 Å². The number of amides is 1. The molecule has 1 rings (SSSR count). The molecule has 0 saturated heterocycles. The number of aliphatic hydroxyl groups is 1. The summed E-state index contributed by atoms with van der Waals surface area (Å²) in [7, 11) is 0. The number of nitrogens with one attached hydrogen (secondary N) is 1. The van der Waals surface area contributed by atoms with Gasteiger partial charge in [-0.15, -0.1) is 11.3 Å². The van der Waals surface area contributed by atoms with Crippen molar-refractivity contribution in [2.75, 3.05) is 6.61 Å².